The maximum absolute atomic E-state index is 5.62. The van der Waals surface area contributed by atoms with Crippen LogP contribution >= 0.6 is 11.5 Å². The van der Waals surface area contributed by atoms with E-state index in [0.29, 0.717) is 5.92 Å². The molecule has 0 spiro atoms. The van der Waals surface area contributed by atoms with Gasteiger partial charge in [0.2, 0.25) is 0 Å². The lowest BCUT2D eigenvalue weighted by atomic mass is 9.92. The molecule has 1 aromatic rings. The van der Waals surface area contributed by atoms with E-state index in [0.717, 1.165) is 43.0 Å². The average Bonchev–Trinajstić information content (AvgIpc) is 2.74. The third-order valence-corrected chi connectivity index (χ3v) is 4.05. The largest absolute Gasteiger partial charge is 0.381 e. The number of aryl methyl sites for hydroxylation is 1. The van der Waals surface area contributed by atoms with E-state index in [9.17, 15) is 0 Å². The highest BCUT2D eigenvalue weighted by molar-refractivity contribution is 7.05. The molecule has 16 heavy (non-hydrogen) atoms. The van der Waals surface area contributed by atoms with Crippen LogP contribution in [0.25, 0.3) is 0 Å². The number of nitrogens with two attached hydrogens (primary N) is 1. The zero-order chi connectivity index (χ0) is 11.4. The van der Waals surface area contributed by atoms with Crippen molar-refractivity contribution < 1.29 is 4.74 Å². The van der Waals surface area contributed by atoms with E-state index in [1.165, 1.54) is 11.5 Å². The Hall–Kier alpha value is -0.560. The Kier molecular flexibility index (Phi) is 4.22. The predicted molar refractivity (Wildman–Crippen MR) is 62.9 cm³/mol. The molecule has 90 valence electrons. The highest BCUT2D eigenvalue weighted by Crippen LogP contribution is 2.29. The summed E-state index contributed by atoms with van der Waals surface area (Å²) in [5.74, 6) is 6.31. The molecule has 2 heterocycles. The maximum Gasteiger partial charge on any atom is 0.0773 e. The van der Waals surface area contributed by atoms with Crippen LogP contribution in [0.4, 0.5) is 0 Å². The molecule has 1 unspecified atom stereocenters. The quantitative estimate of drug-likeness (QED) is 0.612. The lowest BCUT2D eigenvalue weighted by molar-refractivity contribution is 0.0606. The van der Waals surface area contributed by atoms with Crippen molar-refractivity contribution in [3.8, 4) is 0 Å². The van der Waals surface area contributed by atoms with Crippen LogP contribution in [0, 0.1) is 12.8 Å². The van der Waals surface area contributed by atoms with Gasteiger partial charge in [-0.15, -0.1) is 5.10 Å². The summed E-state index contributed by atoms with van der Waals surface area (Å²) in [6.45, 7) is 3.73. The van der Waals surface area contributed by atoms with Crippen LogP contribution in [0.15, 0.2) is 0 Å². The predicted octanol–water partition coefficient (Wildman–Crippen LogP) is 1.17. The number of nitrogens with one attached hydrogen (secondary N) is 1. The van der Waals surface area contributed by atoms with Gasteiger partial charge in [0.05, 0.1) is 16.6 Å². The summed E-state index contributed by atoms with van der Waals surface area (Å²) in [4.78, 5) is 1.16. The van der Waals surface area contributed by atoms with Crippen molar-refractivity contribution in [1.29, 1.82) is 0 Å². The second kappa shape index (κ2) is 5.67. The molecule has 2 rings (SSSR count). The van der Waals surface area contributed by atoms with Gasteiger partial charge >= 0.3 is 0 Å². The van der Waals surface area contributed by atoms with Gasteiger partial charge < -0.3 is 4.74 Å². The fourth-order valence-corrected chi connectivity index (χ4v) is 2.84. The van der Waals surface area contributed by atoms with Gasteiger partial charge in [0.1, 0.15) is 0 Å². The van der Waals surface area contributed by atoms with E-state index in [1.54, 1.807) is 0 Å². The minimum absolute atomic E-state index is 0.183. The van der Waals surface area contributed by atoms with Crippen molar-refractivity contribution in [3.05, 3.63) is 10.6 Å². The zero-order valence-electron chi connectivity index (χ0n) is 9.48. The molecular formula is C10H18N4OS. The Morgan fingerprint density at radius 3 is 2.88 bits per heavy atom. The molecule has 1 aliphatic rings. The van der Waals surface area contributed by atoms with Crippen molar-refractivity contribution >= 4 is 11.5 Å². The lowest BCUT2D eigenvalue weighted by Crippen LogP contribution is -2.31. The maximum atomic E-state index is 5.62. The fraction of sp³-hybridized carbons (Fsp3) is 0.800. The smallest absolute Gasteiger partial charge is 0.0773 e. The van der Waals surface area contributed by atoms with Gasteiger partial charge in [-0.25, -0.2) is 0 Å². The number of aromatic nitrogens is 2. The van der Waals surface area contributed by atoms with Crippen LogP contribution in [-0.2, 0) is 4.74 Å². The Morgan fingerprint density at radius 1 is 1.56 bits per heavy atom. The normalized spacial score (nSPS) is 19.9. The SMILES string of the molecule is Cc1nnsc1C(CC1CCOCC1)NN. The fourth-order valence-electron chi connectivity index (χ4n) is 2.12. The van der Waals surface area contributed by atoms with Gasteiger partial charge in [-0.3, -0.25) is 11.3 Å². The summed E-state index contributed by atoms with van der Waals surface area (Å²) in [6, 6.07) is 0.183. The van der Waals surface area contributed by atoms with E-state index in [1.807, 2.05) is 6.92 Å². The molecule has 0 saturated carbocycles. The molecule has 1 saturated heterocycles. The Labute approximate surface area is 99.5 Å². The first-order valence-electron chi connectivity index (χ1n) is 5.64. The first-order chi connectivity index (χ1) is 7.81. The van der Waals surface area contributed by atoms with Crippen LogP contribution in [0.3, 0.4) is 0 Å². The van der Waals surface area contributed by atoms with Crippen molar-refractivity contribution in [2.24, 2.45) is 11.8 Å². The Bertz CT molecular complexity index is 324. The zero-order valence-corrected chi connectivity index (χ0v) is 10.3. The monoisotopic (exact) mass is 242 g/mol. The van der Waals surface area contributed by atoms with Crippen LogP contribution in [0.2, 0.25) is 0 Å². The van der Waals surface area contributed by atoms with E-state index in [2.05, 4.69) is 15.0 Å². The second-order valence-electron chi connectivity index (χ2n) is 4.23. The van der Waals surface area contributed by atoms with Crippen molar-refractivity contribution in [2.75, 3.05) is 13.2 Å². The average molecular weight is 242 g/mol. The molecule has 1 aromatic heterocycles. The minimum atomic E-state index is 0.183. The molecule has 3 N–H and O–H groups in total. The summed E-state index contributed by atoms with van der Waals surface area (Å²) in [5, 5.41) is 4.03. The summed E-state index contributed by atoms with van der Waals surface area (Å²) in [5.41, 5.74) is 3.87. The number of nitrogens with zero attached hydrogens (tertiary/aromatic N) is 2. The summed E-state index contributed by atoms with van der Waals surface area (Å²) < 4.78 is 9.31. The number of hydrogen-bond acceptors (Lipinski definition) is 6. The molecule has 1 fully saturated rings. The second-order valence-corrected chi connectivity index (χ2v) is 5.02. The molecule has 0 aliphatic carbocycles. The molecule has 0 aromatic carbocycles. The summed E-state index contributed by atoms with van der Waals surface area (Å²) in [7, 11) is 0. The van der Waals surface area contributed by atoms with Crippen LogP contribution in [-0.4, -0.2) is 22.8 Å². The van der Waals surface area contributed by atoms with E-state index in [4.69, 9.17) is 10.6 Å². The summed E-state index contributed by atoms with van der Waals surface area (Å²) >= 11 is 1.44. The molecule has 0 radical (unpaired) electrons. The van der Waals surface area contributed by atoms with Crippen LogP contribution < -0.4 is 11.3 Å². The standard InChI is InChI=1S/C10H18N4OS/c1-7-10(16-14-13-7)9(12-11)6-8-2-4-15-5-3-8/h8-9,12H,2-6,11H2,1H3. The summed E-state index contributed by atoms with van der Waals surface area (Å²) in [6.07, 6.45) is 3.30. The Morgan fingerprint density at radius 2 is 2.31 bits per heavy atom. The van der Waals surface area contributed by atoms with Crippen LogP contribution in [0.1, 0.15) is 35.9 Å². The minimum Gasteiger partial charge on any atom is -0.381 e. The lowest BCUT2D eigenvalue weighted by Gasteiger charge is -2.25. The highest BCUT2D eigenvalue weighted by Gasteiger charge is 2.22. The van der Waals surface area contributed by atoms with E-state index >= 15 is 0 Å². The first-order valence-corrected chi connectivity index (χ1v) is 6.41. The van der Waals surface area contributed by atoms with Crippen molar-refractivity contribution in [3.63, 3.8) is 0 Å². The van der Waals surface area contributed by atoms with E-state index < -0.39 is 0 Å². The number of hydrazine groups is 1. The molecule has 5 nitrogen and oxygen atoms in total. The number of rotatable bonds is 4. The highest BCUT2D eigenvalue weighted by atomic mass is 32.1. The molecule has 1 aliphatic heterocycles. The van der Waals surface area contributed by atoms with E-state index in [-0.39, 0.29) is 6.04 Å². The number of ether oxygens (including phenoxy) is 1. The molecular weight excluding hydrogens is 224 g/mol. The molecule has 0 bridgehead atoms. The van der Waals surface area contributed by atoms with Crippen molar-refractivity contribution in [2.45, 2.75) is 32.2 Å². The van der Waals surface area contributed by atoms with Crippen LogP contribution in [0.5, 0.6) is 0 Å². The molecule has 6 heteroatoms. The van der Waals surface area contributed by atoms with Gasteiger partial charge in [0.25, 0.3) is 0 Å². The van der Waals surface area contributed by atoms with Gasteiger partial charge in [-0.1, -0.05) is 4.49 Å². The van der Waals surface area contributed by atoms with Gasteiger partial charge in [-0.2, -0.15) is 0 Å². The van der Waals surface area contributed by atoms with Crippen molar-refractivity contribution in [1.82, 2.24) is 15.0 Å². The topological polar surface area (TPSA) is 73.1 Å². The van der Waals surface area contributed by atoms with Gasteiger partial charge in [-0.05, 0) is 43.6 Å². The molecule has 0 amide bonds. The third-order valence-electron chi connectivity index (χ3n) is 3.11. The molecule has 1 atom stereocenters. The Balaban J connectivity index is 1.97. The van der Waals surface area contributed by atoms with Gasteiger partial charge in [0, 0.05) is 13.2 Å². The third kappa shape index (κ3) is 2.76. The first kappa shape index (κ1) is 11.9. The number of hydrogen-bond donors (Lipinski definition) is 2. The van der Waals surface area contributed by atoms with Gasteiger partial charge in [0.15, 0.2) is 0 Å².